The highest BCUT2D eigenvalue weighted by atomic mass is 32.1. The van der Waals surface area contributed by atoms with Gasteiger partial charge >= 0.3 is 0 Å². The van der Waals surface area contributed by atoms with E-state index in [9.17, 15) is 4.79 Å². The number of ether oxygens (including phenoxy) is 2. The molecule has 2 aromatic heterocycles. The molecule has 0 fully saturated rings. The number of hydrogen-bond acceptors (Lipinski definition) is 6. The average molecular weight is 409 g/mol. The monoisotopic (exact) mass is 408 g/mol. The fourth-order valence-electron chi connectivity index (χ4n) is 3.15. The molecular formula is C21H16N2O3S2. The molecule has 140 valence electrons. The van der Waals surface area contributed by atoms with Crippen LogP contribution in [0.5, 0.6) is 11.5 Å². The Morgan fingerprint density at radius 1 is 1.04 bits per heavy atom. The second kappa shape index (κ2) is 6.92. The first-order chi connectivity index (χ1) is 13.7. The standard InChI is InChI=1S/C21H16N2O3S2/c1-12-18(26-16-8-4-3-7-15(16)25-12)19(24)23-20-13(10-11-27-20)21-22-14-6-2-5-9-17(14)28-21/h2-12,18H,1H3,(H,23,24). The highest BCUT2D eigenvalue weighted by Gasteiger charge is 2.34. The van der Waals surface area contributed by atoms with E-state index in [1.165, 1.54) is 11.3 Å². The number of thiazole rings is 1. The Bertz CT molecular complexity index is 1130. The van der Waals surface area contributed by atoms with Crippen molar-refractivity contribution in [2.75, 3.05) is 5.32 Å². The number of para-hydroxylation sites is 3. The number of carbonyl (C=O) groups excluding carboxylic acids is 1. The Kier molecular flexibility index (Phi) is 4.26. The number of thiophene rings is 1. The van der Waals surface area contributed by atoms with E-state index >= 15 is 0 Å². The lowest BCUT2D eigenvalue weighted by Crippen LogP contribution is -2.46. The lowest BCUT2D eigenvalue weighted by Gasteiger charge is -2.30. The number of hydrogen-bond donors (Lipinski definition) is 1. The maximum absolute atomic E-state index is 12.9. The first kappa shape index (κ1) is 17.2. The second-order valence-corrected chi connectivity index (χ2v) is 8.39. The van der Waals surface area contributed by atoms with Crippen LogP contribution in [0.2, 0.25) is 0 Å². The van der Waals surface area contributed by atoms with Gasteiger partial charge in [-0.2, -0.15) is 0 Å². The van der Waals surface area contributed by atoms with Gasteiger partial charge in [-0.25, -0.2) is 4.98 Å². The Morgan fingerprint density at radius 2 is 1.79 bits per heavy atom. The van der Waals surface area contributed by atoms with E-state index in [1.54, 1.807) is 17.4 Å². The van der Waals surface area contributed by atoms with Gasteiger partial charge in [-0.1, -0.05) is 24.3 Å². The molecule has 0 spiro atoms. The van der Waals surface area contributed by atoms with Gasteiger partial charge in [0.2, 0.25) is 6.10 Å². The van der Waals surface area contributed by atoms with E-state index in [4.69, 9.17) is 14.5 Å². The summed E-state index contributed by atoms with van der Waals surface area (Å²) < 4.78 is 12.9. The van der Waals surface area contributed by atoms with Crippen LogP contribution in [0.4, 0.5) is 5.00 Å². The van der Waals surface area contributed by atoms with Crippen LogP contribution in [0.25, 0.3) is 20.8 Å². The lowest BCUT2D eigenvalue weighted by molar-refractivity contribution is -0.127. The van der Waals surface area contributed by atoms with Crippen molar-refractivity contribution in [2.45, 2.75) is 19.1 Å². The zero-order valence-corrected chi connectivity index (χ0v) is 16.5. The molecule has 4 aromatic rings. The largest absolute Gasteiger partial charge is 0.482 e. The van der Waals surface area contributed by atoms with Crippen LogP contribution in [0.15, 0.2) is 60.0 Å². The molecule has 1 N–H and O–H groups in total. The third-order valence-electron chi connectivity index (χ3n) is 4.53. The quantitative estimate of drug-likeness (QED) is 0.507. The van der Waals surface area contributed by atoms with Crippen LogP contribution in [0.3, 0.4) is 0 Å². The van der Waals surface area contributed by atoms with E-state index < -0.39 is 6.10 Å². The summed E-state index contributed by atoms with van der Waals surface area (Å²) in [7, 11) is 0. The molecule has 2 unspecified atom stereocenters. The molecule has 0 radical (unpaired) electrons. The van der Waals surface area contributed by atoms with E-state index in [-0.39, 0.29) is 12.0 Å². The second-order valence-electron chi connectivity index (χ2n) is 6.45. The number of aromatic nitrogens is 1. The fourth-order valence-corrected chi connectivity index (χ4v) is 5.00. The average Bonchev–Trinajstić information content (AvgIpc) is 3.33. The number of nitrogens with one attached hydrogen (secondary N) is 1. The predicted molar refractivity (Wildman–Crippen MR) is 113 cm³/mol. The number of amides is 1. The zero-order valence-electron chi connectivity index (χ0n) is 14.9. The molecule has 28 heavy (non-hydrogen) atoms. The number of benzene rings is 2. The number of nitrogens with zero attached hydrogens (tertiary/aromatic N) is 1. The molecule has 7 heteroatoms. The van der Waals surface area contributed by atoms with Crippen LogP contribution >= 0.6 is 22.7 Å². The summed E-state index contributed by atoms with van der Waals surface area (Å²) in [5.41, 5.74) is 1.88. The zero-order chi connectivity index (χ0) is 19.1. The van der Waals surface area contributed by atoms with Crippen molar-refractivity contribution in [1.82, 2.24) is 4.98 Å². The van der Waals surface area contributed by atoms with Crippen LogP contribution < -0.4 is 14.8 Å². The molecule has 5 rings (SSSR count). The number of anilines is 1. The third-order valence-corrected chi connectivity index (χ3v) is 6.43. The third kappa shape index (κ3) is 3.02. The number of fused-ring (bicyclic) bond motifs is 2. The predicted octanol–water partition coefficient (Wildman–Crippen LogP) is 5.19. The smallest absolute Gasteiger partial charge is 0.269 e. The molecule has 5 nitrogen and oxygen atoms in total. The Balaban J connectivity index is 1.40. The van der Waals surface area contributed by atoms with Gasteiger partial charge in [-0.3, -0.25) is 4.79 Å². The van der Waals surface area contributed by atoms with Crippen molar-refractivity contribution in [1.29, 1.82) is 0 Å². The van der Waals surface area contributed by atoms with Gasteiger partial charge in [0, 0.05) is 5.56 Å². The van der Waals surface area contributed by atoms with Gasteiger partial charge in [0.15, 0.2) is 11.5 Å². The summed E-state index contributed by atoms with van der Waals surface area (Å²) in [6.45, 7) is 1.84. The number of carbonyl (C=O) groups is 1. The van der Waals surface area contributed by atoms with Gasteiger partial charge in [-0.05, 0) is 42.6 Å². The molecule has 1 aliphatic heterocycles. The molecule has 0 aliphatic carbocycles. The summed E-state index contributed by atoms with van der Waals surface area (Å²) >= 11 is 3.08. The first-order valence-corrected chi connectivity index (χ1v) is 10.6. The van der Waals surface area contributed by atoms with Crippen molar-refractivity contribution in [3.8, 4) is 22.1 Å². The fraction of sp³-hybridized carbons (Fsp3) is 0.143. The van der Waals surface area contributed by atoms with Crippen molar-refractivity contribution in [3.63, 3.8) is 0 Å². The van der Waals surface area contributed by atoms with Gasteiger partial charge in [0.05, 0.1) is 10.2 Å². The van der Waals surface area contributed by atoms with Crippen molar-refractivity contribution >= 4 is 43.8 Å². The lowest BCUT2D eigenvalue weighted by atomic mass is 10.1. The minimum atomic E-state index is -0.722. The maximum Gasteiger partial charge on any atom is 0.269 e. The normalized spacial score (nSPS) is 18.2. The molecule has 2 atom stereocenters. The summed E-state index contributed by atoms with van der Waals surface area (Å²) in [5.74, 6) is 1.01. The van der Waals surface area contributed by atoms with Gasteiger partial charge in [0.1, 0.15) is 16.1 Å². The summed E-state index contributed by atoms with van der Waals surface area (Å²) in [6.07, 6.45) is -1.11. The minimum Gasteiger partial charge on any atom is -0.482 e. The van der Waals surface area contributed by atoms with E-state index in [1.807, 2.05) is 60.8 Å². The molecule has 0 saturated heterocycles. The van der Waals surface area contributed by atoms with Crippen molar-refractivity contribution in [3.05, 3.63) is 60.0 Å². The van der Waals surface area contributed by atoms with E-state index in [0.717, 1.165) is 25.8 Å². The topological polar surface area (TPSA) is 60.5 Å². The van der Waals surface area contributed by atoms with Crippen molar-refractivity contribution < 1.29 is 14.3 Å². The molecular weight excluding hydrogens is 392 g/mol. The molecule has 1 aliphatic rings. The Labute approximate surface area is 169 Å². The maximum atomic E-state index is 12.9. The van der Waals surface area contributed by atoms with Gasteiger partial charge in [-0.15, -0.1) is 22.7 Å². The molecule has 3 heterocycles. The Hall–Kier alpha value is -2.90. The van der Waals surface area contributed by atoms with Crippen molar-refractivity contribution in [2.24, 2.45) is 0 Å². The molecule has 1 amide bonds. The highest BCUT2D eigenvalue weighted by Crippen LogP contribution is 2.38. The molecule has 0 bridgehead atoms. The molecule has 2 aromatic carbocycles. The van der Waals surface area contributed by atoms with Crippen LogP contribution in [-0.2, 0) is 4.79 Å². The van der Waals surface area contributed by atoms with Crippen LogP contribution in [0, 0.1) is 0 Å². The highest BCUT2D eigenvalue weighted by molar-refractivity contribution is 7.22. The van der Waals surface area contributed by atoms with E-state index in [2.05, 4.69) is 5.32 Å². The van der Waals surface area contributed by atoms with Crippen LogP contribution in [0.1, 0.15) is 6.92 Å². The SMILES string of the molecule is CC1Oc2ccccc2OC1C(=O)Nc1sccc1-c1nc2ccccc2s1. The first-order valence-electron chi connectivity index (χ1n) is 8.86. The van der Waals surface area contributed by atoms with E-state index in [0.29, 0.717) is 11.5 Å². The number of rotatable bonds is 3. The Morgan fingerprint density at radius 3 is 2.61 bits per heavy atom. The minimum absolute atomic E-state index is 0.230. The summed E-state index contributed by atoms with van der Waals surface area (Å²) in [4.78, 5) is 17.6. The summed E-state index contributed by atoms with van der Waals surface area (Å²) in [5, 5.41) is 6.61. The van der Waals surface area contributed by atoms with Gasteiger partial charge in [0.25, 0.3) is 5.91 Å². The summed E-state index contributed by atoms with van der Waals surface area (Å²) in [6, 6.07) is 17.4. The van der Waals surface area contributed by atoms with Crippen LogP contribution in [-0.4, -0.2) is 23.1 Å². The van der Waals surface area contributed by atoms with Gasteiger partial charge < -0.3 is 14.8 Å². The molecule has 0 saturated carbocycles.